The molecule has 0 unspecified atom stereocenters. The van der Waals surface area contributed by atoms with Gasteiger partial charge >= 0.3 is 0 Å². The topological polar surface area (TPSA) is 32.6 Å². The average Bonchev–Trinajstić information content (AvgIpc) is 2.16. The molecule has 0 atom stereocenters. The zero-order valence-electron chi connectivity index (χ0n) is 7.50. The van der Waals surface area contributed by atoms with Gasteiger partial charge in [0.25, 0.3) is 0 Å². The molecule has 70 valence electrons. The van der Waals surface area contributed by atoms with Gasteiger partial charge in [0.1, 0.15) is 0 Å². The van der Waals surface area contributed by atoms with Crippen molar-refractivity contribution >= 4 is 17.3 Å². The van der Waals surface area contributed by atoms with Gasteiger partial charge in [-0.3, -0.25) is 0 Å². The van der Waals surface area contributed by atoms with Gasteiger partial charge in [-0.15, -0.1) is 0 Å². The molecule has 0 aliphatic heterocycles. The van der Waals surface area contributed by atoms with E-state index in [4.69, 9.17) is 16.8 Å². The molecule has 1 aromatic carbocycles. The van der Waals surface area contributed by atoms with Crippen molar-refractivity contribution in [2.45, 2.75) is 19.8 Å². The maximum atomic E-state index is 8.42. The smallest absolute Gasteiger partial charge is 0.0543 e. The van der Waals surface area contributed by atoms with Gasteiger partial charge in [-0.2, -0.15) is 0 Å². The van der Waals surface area contributed by atoms with Crippen LogP contribution in [0.25, 0.3) is 0 Å². The molecule has 0 bridgehead atoms. The van der Waals surface area contributed by atoms with Gasteiger partial charge in [0, 0.05) is 5.02 Å². The van der Waals surface area contributed by atoms with Crippen LogP contribution >= 0.6 is 11.6 Å². The molecule has 3 heteroatoms. The Kier molecular flexibility index (Phi) is 3.77. The first-order valence-corrected chi connectivity index (χ1v) is 4.52. The van der Waals surface area contributed by atoms with Crippen molar-refractivity contribution in [2.24, 2.45) is 5.16 Å². The maximum Gasteiger partial charge on any atom is 0.0543 e. The predicted molar refractivity (Wildman–Crippen MR) is 54.7 cm³/mol. The third-order valence-corrected chi connectivity index (χ3v) is 2.11. The van der Waals surface area contributed by atoms with Crippen LogP contribution < -0.4 is 0 Å². The first kappa shape index (κ1) is 10.1. The Morgan fingerprint density at radius 1 is 1.38 bits per heavy atom. The number of hydrogen-bond donors (Lipinski definition) is 1. The highest BCUT2D eigenvalue weighted by atomic mass is 35.5. The van der Waals surface area contributed by atoms with Crippen LogP contribution in [0.3, 0.4) is 0 Å². The lowest BCUT2D eigenvalue weighted by atomic mass is 10.1. The molecule has 0 fully saturated rings. The minimum Gasteiger partial charge on any atom is -0.411 e. The Labute approximate surface area is 82.8 Å². The summed E-state index contributed by atoms with van der Waals surface area (Å²) < 4.78 is 0. The lowest BCUT2D eigenvalue weighted by Crippen LogP contribution is -1.94. The summed E-state index contributed by atoms with van der Waals surface area (Å²) in [6.45, 7) is 1.80. The van der Waals surface area contributed by atoms with E-state index in [2.05, 4.69) is 5.16 Å². The SMILES string of the molecule is C/C(CCc1ccc(Cl)cc1)=N/O. The number of aryl methyl sites for hydroxylation is 1. The second-order valence-corrected chi connectivity index (χ2v) is 3.40. The second kappa shape index (κ2) is 4.87. The molecule has 2 nitrogen and oxygen atoms in total. The Hall–Kier alpha value is -1.02. The van der Waals surface area contributed by atoms with Crippen molar-refractivity contribution in [1.82, 2.24) is 0 Å². The predicted octanol–water partition coefficient (Wildman–Crippen LogP) is 3.12. The van der Waals surface area contributed by atoms with Crippen LogP contribution in [0.5, 0.6) is 0 Å². The van der Waals surface area contributed by atoms with Crippen LogP contribution in [0.1, 0.15) is 18.9 Å². The molecular formula is C10H12ClNO. The zero-order valence-corrected chi connectivity index (χ0v) is 8.25. The van der Waals surface area contributed by atoms with Crippen molar-refractivity contribution in [1.29, 1.82) is 0 Å². The van der Waals surface area contributed by atoms with Crippen LogP contribution in [0, 0.1) is 0 Å². The van der Waals surface area contributed by atoms with E-state index in [9.17, 15) is 0 Å². The van der Waals surface area contributed by atoms with Crippen LogP contribution in [0.15, 0.2) is 29.4 Å². The summed E-state index contributed by atoms with van der Waals surface area (Å²) in [4.78, 5) is 0. The molecule has 0 saturated heterocycles. The molecule has 0 saturated carbocycles. The minimum atomic E-state index is 0.745. The fourth-order valence-electron chi connectivity index (χ4n) is 1.03. The third kappa shape index (κ3) is 3.47. The van der Waals surface area contributed by atoms with Gasteiger partial charge in [0.05, 0.1) is 5.71 Å². The molecule has 0 heterocycles. The highest BCUT2D eigenvalue weighted by Gasteiger charge is 1.95. The highest BCUT2D eigenvalue weighted by molar-refractivity contribution is 6.30. The molecule has 1 N–H and O–H groups in total. The summed E-state index contributed by atoms with van der Waals surface area (Å²) in [5.41, 5.74) is 1.95. The van der Waals surface area contributed by atoms with Crippen LogP contribution in [-0.4, -0.2) is 10.9 Å². The number of halogens is 1. The summed E-state index contributed by atoms with van der Waals surface area (Å²) in [6, 6.07) is 7.69. The Morgan fingerprint density at radius 2 is 2.00 bits per heavy atom. The maximum absolute atomic E-state index is 8.42. The molecule has 0 aliphatic rings. The van der Waals surface area contributed by atoms with Gasteiger partial charge < -0.3 is 5.21 Å². The summed E-state index contributed by atoms with van der Waals surface area (Å²) >= 11 is 5.74. The molecule has 0 aliphatic carbocycles. The van der Waals surface area contributed by atoms with E-state index < -0.39 is 0 Å². The van der Waals surface area contributed by atoms with Gasteiger partial charge in [0.15, 0.2) is 0 Å². The standard InChI is InChI=1S/C10H12ClNO/c1-8(12-13)2-3-9-4-6-10(11)7-5-9/h4-7,13H,2-3H2,1H3/b12-8-. The molecular weight excluding hydrogens is 186 g/mol. The van der Waals surface area contributed by atoms with E-state index in [1.54, 1.807) is 6.92 Å². The van der Waals surface area contributed by atoms with Crippen LogP contribution in [0.2, 0.25) is 5.02 Å². The van der Waals surface area contributed by atoms with Gasteiger partial charge in [-0.25, -0.2) is 0 Å². The third-order valence-electron chi connectivity index (χ3n) is 1.86. The number of benzene rings is 1. The average molecular weight is 198 g/mol. The Bertz CT molecular complexity index is 292. The number of hydrogen-bond acceptors (Lipinski definition) is 2. The first-order valence-electron chi connectivity index (χ1n) is 4.14. The largest absolute Gasteiger partial charge is 0.411 e. The summed E-state index contributed by atoms with van der Waals surface area (Å²) in [7, 11) is 0. The molecule has 0 amide bonds. The lowest BCUT2D eigenvalue weighted by molar-refractivity contribution is 0.317. The van der Waals surface area contributed by atoms with Crippen LogP contribution in [-0.2, 0) is 6.42 Å². The van der Waals surface area contributed by atoms with E-state index in [0.717, 1.165) is 23.6 Å². The van der Waals surface area contributed by atoms with Crippen molar-refractivity contribution < 1.29 is 5.21 Å². The monoisotopic (exact) mass is 197 g/mol. The van der Waals surface area contributed by atoms with Gasteiger partial charge in [-0.05, 0) is 37.5 Å². The van der Waals surface area contributed by atoms with Crippen molar-refractivity contribution in [3.8, 4) is 0 Å². The molecule has 0 radical (unpaired) electrons. The van der Waals surface area contributed by atoms with E-state index in [0.29, 0.717) is 0 Å². The first-order chi connectivity index (χ1) is 6.22. The molecule has 0 spiro atoms. The summed E-state index contributed by atoms with van der Waals surface area (Å²) in [6.07, 6.45) is 1.66. The second-order valence-electron chi connectivity index (χ2n) is 2.96. The number of rotatable bonds is 3. The Morgan fingerprint density at radius 3 is 2.54 bits per heavy atom. The fourth-order valence-corrected chi connectivity index (χ4v) is 1.15. The normalized spacial score (nSPS) is 11.7. The van der Waals surface area contributed by atoms with E-state index >= 15 is 0 Å². The fraction of sp³-hybridized carbons (Fsp3) is 0.300. The van der Waals surface area contributed by atoms with Crippen LogP contribution in [0.4, 0.5) is 0 Å². The van der Waals surface area contributed by atoms with Gasteiger partial charge in [-0.1, -0.05) is 28.9 Å². The van der Waals surface area contributed by atoms with Crippen molar-refractivity contribution in [2.75, 3.05) is 0 Å². The Balaban J connectivity index is 2.51. The lowest BCUT2D eigenvalue weighted by Gasteiger charge is -1.99. The molecule has 1 rings (SSSR count). The summed E-state index contributed by atoms with van der Waals surface area (Å²) in [5, 5.41) is 12.3. The zero-order chi connectivity index (χ0) is 9.68. The van der Waals surface area contributed by atoms with Crippen molar-refractivity contribution in [3.63, 3.8) is 0 Å². The molecule has 1 aromatic rings. The number of oxime groups is 1. The quantitative estimate of drug-likeness (QED) is 0.451. The number of nitrogens with zero attached hydrogens (tertiary/aromatic N) is 1. The highest BCUT2D eigenvalue weighted by Crippen LogP contribution is 2.11. The van der Waals surface area contributed by atoms with E-state index in [1.165, 1.54) is 5.56 Å². The minimum absolute atomic E-state index is 0.745. The summed E-state index contributed by atoms with van der Waals surface area (Å²) in [5.74, 6) is 0. The van der Waals surface area contributed by atoms with E-state index in [-0.39, 0.29) is 0 Å². The van der Waals surface area contributed by atoms with E-state index in [1.807, 2.05) is 24.3 Å². The molecule has 0 aromatic heterocycles. The van der Waals surface area contributed by atoms with Gasteiger partial charge in [0.2, 0.25) is 0 Å². The van der Waals surface area contributed by atoms with Crippen molar-refractivity contribution in [3.05, 3.63) is 34.9 Å². The molecule has 13 heavy (non-hydrogen) atoms.